The van der Waals surface area contributed by atoms with Gasteiger partial charge in [0.2, 0.25) is 0 Å². The van der Waals surface area contributed by atoms with Crippen molar-refractivity contribution in [2.75, 3.05) is 25.1 Å². The van der Waals surface area contributed by atoms with E-state index in [1.54, 1.807) is 24.3 Å². The van der Waals surface area contributed by atoms with Crippen LogP contribution >= 0.6 is 0 Å². The number of phenolic OH excluding ortho intramolecular Hbond substituents is 1. The zero-order chi connectivity index (χ0) is 21.4. The number of hydrogen-bond donors (Lipinski definition) is 2. The van der Waals surface area contributed by atoms with E-state index in [-0.39, 0.29) is 28.2 Å². The topological polar surface area (TPSA) is 87.1 Å². The Morgan fingerprint density at radius 1 is 0.931 bits per heavy atom. The molecule has 2 rings (SSSR count). The van der Waals surface area contributed by atoms with Gasteiger partial charge in [-0.2, -0.15) is 0 Å². The van der Waals surface area contributed by atoms with E-state index in [2.05, 4.69) is 18.7 Å². The van der Waals surface area contributed by atoms with Gasteiger partial charge in [0.05, 0.1) is 23.9 Å². The van der Waals surface area contributed by atoms with E-state index in [1.807, 2.05) is 0 Å². The first-order valence-corrected chi connectivity index (χ1v) is 9.98. The molecule has 0 unspecified atom stereocenters. The first-order chi connectivity index (χ1) is 14.0. The highest BCUT2D eigenvalue weighted by Crippen LogP contribution is 2.40. The molecule has 156 valence electrons. The van der Waals surface area contributed by atoms with Gasteiger partial charge in [-0.3, -0.25) is 4.79 Å². The SMILES string of the molecule is CCCCN(CCCC)c1ccc(C(=O)c2ccccc2C(=O)O)c(OC)c1O. The van der Waals surface area contributed by atoms with Gasteiger partial charge in [-0.05, 0) is 31.0 Å². The van der Waals surface area contributed by atoms with E-state index in [1.165, 1.54) is 19.2 Å². The molecular weight excluding hydrogens is 370 g/mol. The number of carbonyl (C=O) groups is 2. The molecule has 6 heteroatoms. The standard InChI is InChI=1S/C23H29NO5/c1-4-6-14-24(15-7-5-2)19-13-12-18(22(29-3)21(19)26)20(25)16-10-8-9-11-17(16)23(27)28/h8-13,26H,4-7,14-15H2,1-3H3,(H,27,28). The first-order valence-electron chi connectivity index (χ1n) is 9.98. The van der Waals surface area contributed by atoms with Gasteiger partial charge in [0, 0.05) is 18.7 Å². The lowest BCUT2D eigenvalue weighted by atomic mass is 9.97. The monoisotopic (exact) mass is 399 g/mol. The van der Waals surface area contributed by atoms with Gasteiger partial charge in [-0.25, -0.2) is 4.79 Å². The van der Waals surface area contributed by atoms with E-state index in [0.29, 0.717) is 5.69 Å². The highest BCUT2D eigenvalue weighted by Gasteiger charge is 2.25. The summed E-state index contributed by atoms with van der Waals surface area (Å²) in [7, 11) is 1.39. The second-order valence-corrected chi connectivity index (χ2v) is 6.89. The number of unbranched alkanes of at least 4 members (excludes halogenated alkanes) is 2. The zero-order valence-electron chi connectivity index (χ0n) is 17.3. The molecule has 0 spiro atoms. The average Bonchev–Trinajstić information content (AvgIpc) is 2.73. The summed E-state index contributed by atoms with van der Waals surface area (Å²) in [4.78, 5) is 26.6. The van der Waals surface area contributed by atoms with Crippen molar-refractivity contribution in [3.05, 3.63) is 53.1 Å². The molecule has 0 fully saturated rings. The summed E-state index contributed by atoms with van der Waals surface area (Å²) in [5.74, 6) is -1.72. The number of carboxylic acids is 1. The van der Waals surface area contributed by atoms with Crippen LogP contribution in [0.4, 0.5) is 5.69 Å². The Bertz CT molecular complexity index is 854. The van der Waals surface area contributed by atoms with Crippen molar-refractivity contribution in [1.82, 2.24) is 0 Å². The van der Waals surface area contributed by atoms with E-state index in [0.717, 1.165) is 38.8 Å². The molecule has 6 nitrogen and oxygen atoms in total. The number of ketones is 1. The van der Waals surface area contributed by atoms with E-state index < -0.39 is 11.8 Å². The van der Waals surface area contributed by atoms with E-state index in [9.17, 15) is 19.8 Å². The average molecular weight is 399 g/mol. The number of ether oxygens (including phenoxy) is 1. The number of phenols is 1. The molecule has 0 aliphatic carbocycles. The number of hydrogen-bond acceptors (Lipinski definition) is 5. The van der Waals surface area contributed by atoms with Crippen LogP contribution in [0.25, 0.3) is 0 Å². The van der Waals surface area contributed by atoms with Gasteiger partial charge in [0.1, 0.15) is 0 Å². The molecule has 0 saturated carbocycles. The smallest absolute Gasteiger partial charge is 0.336 e. The van der Waals surface area contributed by atoms with Crippen LogP contribution in [0.15, 0.2) is 36.4 Å². The lowest BCUT2D eigenvalue weighted by molar-refractivity contribution is 0.0692. The molecule has 2 aromatic carbocycles. The van der Waals surface area contributed by atoms with Crippen LogP contribution in [-0.2, 0) is 0 Å². The lowest BCUT2D eigenvalue weighted by Crippen LogP contribution is -2.26. The molecule has 0 heterocycles. The van der Waals surface area contributed by atoms with Crippen molar-refractivity contribution in [3.8, 4) is 11.5 Å². The molecule has 0 aliphatic rings. The molecule has 0 aromatic heterocycles. The second-order valence-electron chi connectivity index (χ2n) is 6.89. The van der Waals surface area contributed by atoms with Crippen molar-refractivity contribution >= 4 is 17.4 Å². The Balaban J connectivity index is 2.49. The third-order valence-corrected chi connectivity index (χ3v) is 4.86. The third-order valence-electron chi connectivity index (χ3n) is 4.86. The Morgan fingerprint density at radius 3 is 2.03 bits per heavy atom. The van der Waals surface area contributed by atoms with Crippen LogP contribution in [-0.4, -0.2) is 42.2 Å². The first kappa shape index (κ1) is 22.3. The number of methoxy groups -OCH3 is 1. The van der Waals surface area contributed by atoms with Crippen LogP contribution in [0.2, 0.25) is 0 Å². The maximum Gasteiger partial charge on any atom is 0.336 e. The van der Waals surface area contributed by atoms with Gasteiger partial charge in [0.25, 0.3) is 0 Å². The van der Waals surface area contributed by atoms with Crippen molar-refractivity contribution < 1.29 is 24.5 Å². The van der Waals surface area contributed by atoms with Gasteiger partial charge in [-0.15, -0.1) is 0 Å². The predicted molar refractivity (Wildman–Crippen MR) is 114 cm³/mol. The van der Waals surface area contributed by atoms with Gasteiger partial charge in [-0.1, -0.05) is 44.9 Å². The minimum Gasteiger partial charge on any atom is -0.503 e. The maximum atomic E-state index is 13.1. The summed E-state index contributed by atoms with van der Waals surface area (Å²) in [5, 5.41) is 20.3. The summed E-state index contributed by atoms with van der Waals surface area (Å²) < 4.78 is 5.37. The molecule has 0 atom stereocenters. The number of carbonyl (C=O) groups excluding carboxylic acids is 1. The number of rotatable bonds is 11. The van der Waals surface area contributed by atoms with Crippen molar-refractivity contribution in [2.45, 2.75) is 39.5 Å². The number of aromatic carboxylic acids is 1. The van der Waals surface area contributed by atoms with Crippen molar-refractivity contribution in [3.63, 3.8) is 0 Å². The number of nitrogens with zero attached hydrogens (tertiary/aromatic N) is 1. The van der Waals surface area contributed by atoms with Crippen LogP contribution < -0.4 is 9.64 Å². The van der Waals surface area contributed by atoms with Gasteiger partial charge in [0.15, 0.2) is 17.3 Å². The Labute approximate surface area is 171 Å². The normalized spacial score (nSPS) is 10.6. The minimum absolute atomic E-state index is 0.0549. The Kier molecular flexibility index (Phi) is 8.07. The number of aromatic hydroxyl groups is 1. The van der Waals surface area contributed by atoms with Gasteiger partial charge < -0.3 is 19.8 Å². The number of carboxylic acid groups (broad SMARTS) is 1. The highest BCUT2D eigenvalue weighted by atomic mass is 16.5. The largest absolute Gasteiger partial charge is 0.503 e. The van der Waals surface area contributed by atoms with Crippen LogP contribution in [0.5, 0.6) is 11.5 Å². The second kappa shape index (κ2) is 10.5. The number of benzene rings is 2. The quantitative estimate of drug-likeness (QED) is 0.531. The van der Waals surface area contributed by atoms with Crippen LogP contribution in [0.3, 0.4) is 0 Å². The van der Waals surface area contributed by atoms with E-state index >= 15 is 0 Å². The van der Waals surface area contributed by atoms with E-state index in [4.69, 9.17) is 4.74 Å². The molecule has 0 amide bonds. The molecule has 0 bridgehead atoms. The van der Waals surface area contributed by atoms with Crippen molar-refractivity contribution in [1.29, 1.82) is 0 Å². The molecule has 0 saturated heterocycles. The molecule has 0 radical (unpaired) electrons. The Hall–Kier alpha value is -3.02. The Morgan fingerprint density at radius 2 is 1.52 bits per heavy atom. The maximum absolute atomic E-state index is 13.1. The minimum atomic E-state index is -1.18. The molecule has 0 aliphatic heterocycles. The zero-order valence-corrected chi connectivity index (χ0v) is 17.3. The lowest BCUT2D eigenvalue weighted by Gasteiger charge is -2.26. The fourth-order valence-corrected chi connectivity index (χ4v) is 3.26. The van der Waals surface area contributed by atoms with Crippen LogP contribution in [0.1, 0.15) is 65.8 Å². The summed E-state index contributed by atoms with van der Waals surface area (Å²) in [6.07, 6.45) is 4.03. The molecule has 2 N–H and O–H groups in total. The molecule has 2 aromatic rings. The summed E-state index contributed by atoms with van der Waals surface area (Å²) in [6, 6.07) is 9.33. The van der Waals surface area contributed by atoms with Crippen molar-refractivity contribution in [2.24, 2.45) is 0 Å². The summed E-state index contributed by atoms with van der Waals surface area (Å²) >= 11 is 0. The van der Waals surface area contributed by atoms with Gasteiger partial charge >= 0.3 is 5.97 Å². The predicted octanol–water partition coefficient (Wildman–Crippen LogP) is 4.74. The van der Waals surface area contributed by atoms with Crippen LogP contribution in [0, 0.1) is 0 Å². The summed E-state index contributed by atoms with van der Waals surface area (Å²) in [5.41, 5.74) is 0.718. The third kappa shape index (κ3) is 5.08. The fourth-order valence-electron chi connectivity index (χ4n) is 3.26. The molecular formula is C23H29NO5. The number of anilines is 1. The summed E-state index contributed by atoms with van der Waals surface area (Å²) in [6.45, 7) is 5.81. The fraction of sp³-hybridized carbons (Fsp3) is 0.391. The highest BCUT2D eigenvalue weighted by molar-refractivity contribution is 6.16. The molecule has 29 heavy (non-hydrogen) atoms.